The summed E-state index contributed by atoms with van der Waals surface area (Å²) in [5.74, 6) is 0. The van der Waals surface area contributed by atoms with E-state index in [9.17, 15) is 28.6 Å². The minimum atomic E-state index is -4.59. The molecular weight excluding hydrogens is 424 g/mol. The molecule has 0 aromatic heterocycles. The molecule has 0 saturated carbocycles. The lowest BCUT2D eigenvalue weighted by Crippen LogP contribution is -2.42. The summed E-state index contributed by atoms with van der Waals surface area (Å²) in [6.45, 7) is 1.76. The molecule has 9 nitrogen and oxygen atoms in total. The van der Waals surface area contributed by atoms with Crippen LogP contribution in [0.15, 0.2) is 83.8 Å². The normalized spacial score (nSPS) is 13.3. The smallest absolute Gasteiger partial charge is 0.261 e. The van der Waals surface area contributed by atoms with Crippen LogP contribution in [0.1, 0.15) is 16.7 Å². The highest BCUT2D eigenvalue weighted by Crippen LogP contribution is 2.36. The van der Waals surface area contributed by atoms with Crippen molar-refractivity contribution in [1.82, 2.24) is 0 Å². The third kappa shape index (κ3) is 4.60. The van der Waals surface area contributed by atoms with Crippen molar-refractivity contribution in [3.63, 3.8) is 0 Å². The molecule has 0 amide bonds. The summed E-state index contributed by atoms with van der Waals surface area (Å²) in [7, 11) is -4.59. The number of para-hydroxylation sites is 1. The maximum Gasteiger partial charge on any atom is 0.369 e. The maximum atomic E-state index is 13.0. The number of nitrogens with zero attached hydrogens (tertiary/aromatic N) is 2. The van der Waals surface area contributed by atoms with E-state index in [0.29, 0.717) is 0 Å². The fourth-order valence-corrected chi connectivity index (χ4v) is 4.25. The van der Waals surface area contributed by atoms with Crippen LogP contribution in [0.5, 0.6) is 0 Å². The number of benzene rings is 3. The Bertz CT molecular complexity index is 1210. The van der Waals surface area contributed by atoms with Crippen LogP contribution >= 0.6 is 0 Å². The highest BCUT2D eigenvalue weighted by Gasteiger charge is 2.52. The Morgan fingerprint density at radius 2 is 1.45 bits per heavy atom. The molecule has 0 aliphatic rings. The summed E-state index contributed by atoms with van der Waals surface area (Å²) < 4.78 is 31.3. The van der Waals surface area contributed by atoms with Crippen molar-refractivity contribution in [3.8, 4) is 0 Å². The second-order valence-electron chi connectivity index (χ2n) is 6.82. The molecule has 1 atom stereocenters. The molecule has 1 unspecified atom stereocenters. The Balaban J connectivity index is 2.18. The Labute approximate surface area is 178 Å². The first-order valence-electron chi connectivity index (χ1n) is 9.10. The van der Waals surface area contributed by atoms with Crippen LogP contribution in [0, 0.1) is 27.2 Å². The van der Waals surface area contributed by atoms with Crippen LogP contribution < -0.4 is 0 Å². The quantitative estimate of drug-likeness (QED) is 0.223. The number of aryl methyl sites for hydroxylation is 1. The molecule has 0 fully saturated rings. The fourth-order valence-electron chi connectivity index (χ4n) is 3.11. The van der Waals surface area contributed by atoms with Gasteiger partial charge in [-0.3, -0.25) is 20.2 Å². The van der Waals surface area contributed by atoms with Gasteiger partial charge in [0.25, 0.3) is 5.69 Å². The molecule has 0 aliphatic heterocycles. The van der Waals surface area contributed by atoms with Gasteiger partial charge in [-0.2, -0.15) is 12.6 Å². The minimum Gasteiger partial charge on any atom is -0.261 e. The van der Waals surface area contributed by atoms with Gasteiger partial charge in [-0.25, -0.2) is 0 Å². The SMILES string of the molecule is Cc1ccc(S(=O)(=O)OC(Cc2ccccc2[N+](=O)[O-])(c2ccccc2)[N+](=O)[O-])cc1. The molecule has 0 bridgehead atoms. The van der Waals surface area contributed by atoms with Crippen LogP contribution in [0.2, 0.25) is 0 Å². The second-order valence-corrected chi connectivity index (χ2v) is 8.37. The molecule has 0 heterocycles. The number of nitro benzene ring substituents is 1. The summed E-state index contributed by atoms with van der Waals surface area (Å²) in [5, 5.41) is 23.7. The third-order valence-corrected chi connectivity index (χ3v) is 6.04. The summed E-state index contributed by atoms with van der Waals surface area (Å²) in [4.78, 5) is 21.9. The first-order valence-corrected chi connectivity index (χ1v) is 10.5. The van der Waals surface area contributed by atoms with Gasteiger partial charge in [0.2, 0.25) is 0 Å². The lowest BCUT2D eigenvalue weighted by molar-refractivity contribution is -0.627. The molecule has 0 aliphatic carbocycles. The van der Waals surface area contributed by atoms with E-state index >= 15 is 0 Å². The van der Waals surface area contributed by atoms with E-state index in [1.807, 2.05) is 0 Å². The van der Waals surface area contributed by atoms with E-state index in [0.717, 1.165) is 5.56 Å². The van der Waals surface area contributed by atoms with Gasteiger partial charge in [0.1, 0.15) is 0 Å². The van der Waals surface area contributed by atoms with Gasteiger partial charge in [0.05, 0.1) is 26.7 Å². The van der Waals surface area contributed by atoms with Crippen molar-refractivity contribution in [2.75, 3.05) is 0 Å². The Morgan fingerprint density at radius 3 is 2.03 bits per heavy atom. The number of hydrogen-bond acceptors (Lipinski definition) is 7. The van der Waals surface area contributed by atoms with E-state index in [2.05, 4.69) is 0 Å². The highest BCUT2D eigenvalue weighted by molar-refractivity contribution is 7.86. The van der Waals surface area contributed by atoms with Gasteiger partial charge in [-0.1, -0.05) is 54.1 Å². The van der Waals surface area contributed by atoms with Crippen LogP contribution in [-0.4, -0.2) is 18.3 Å². The number of hydrogen-bond donors (Lipinski definition) is 0. The van der Waals surface area contributed by atoms with E-state index in [-0.39, 0.29) is 21.7 Å². The molecule has 3 aromatic carbocycles. The monoisotopic (exact) mass is 442 g/mol. The van der Waals surface area contributed by atoms with Gasteiger partial charge in [0.15, 0.2) is 0 Å². The van der Waals surface area contributed by atoms with E-state index in [4.69, 9.17) is 4.18 Å². The van der Waals surface area contributed by atoms with Crippen LogP contribution in [0.4, 0.5) is 5.69 Å². The summed E-state index contributed by atoms with van der Waals surface area (Å²) >= 11 is 0. The first-order chi connectivity index (χ1) is 14.7. The first kappa shape index (κ1) is 22.1. The minimum absolute atomic E-state index is 0.0350. The van der Waals surface area contributed by atoms with Crippen LogP contribution in [0.25, 0.3) is 0 Å². The zero-order valence-electron chi connectivity index (χ0n) is 16.4. The lowest BCUT2D eigenvalue weighted by Gasteiger charge is -2.25. The van der Waals surface area contributed by atoms with E-state index in [1.165, 1.54) is 72.8 Å². The zero-order chi connectivity index (χ0) is 22.6. The standard InChI is InChI=1S/C21H18N2O7S/c1-16-11-13-19(14-12-16)31(28,29)30-21(23(26)27,18-8-3-2-4-9-18)15-17-7-5-6-10-20(17)22(24)25/h2-14H,15H2,1H3. The second kappa shape index (κ2) is 8.62. The van der Waals surface area contributed by atoms with Gasteiger partial charge in [-0.15, -0.1) is 0 Å². The van der Waals surface area contributed by atoms with Gasteiger partial charge in [-0.05, 0) is 31.2 Å². The predicted molar refractivity (Wildman–Crippen MR) is 111 cm³/mol. The molecule has 31 heavy (non-hydrogen) atoms. The molecule has 10 heteroatoms. The van der Waals surface area contributed by atoms with Crippen LogP contribution in [0.3, 0.4) is 0 Å². The Kier molecular flexibility index (Phi) is 6.14. The summed E-state index contributed by atoms with van der Waals surface area (Å²) in [6.07, 6.45) is -0.674. The average molecular weight is 442 g/mol. The Morgan fingerprint density at radius 1 is 0.871 bits per heavy atom. The molecule has 3 rings (SSSR count). The van der Waals surface area contributed by atoms with Gasteiger partial charge in [0, 0.05) is 11.6 Å². The van der Waals surface area contributed by atoms with Crippen molar-refractivity contribution in [2.45, 2.75) is 24.0 Å². The molecule has 3 aromatic rings. The van der Waals surface area contributed by atoms with Crippen molar-refractivity contribution >= 4 is 15.8 Å². The lowest BCUT2D eigenvalue weighted by atomic mass is 9.94. The molecular formula is C21H18N2O7S. The van der Waals surface area contributed by atoms with Gasteiger partial charge < -0.3 is 0 Å². The fraction of sp³-hybridized carbons (Fsp3) is 0.143. The highest BCUT2D eigenvalue weighted by atomic mass is 32.2. The number of rotatable bonds is 8. The topological polar surface area (TPSA) is 130 Å². The van der Waals surface area contributed by atoms with Crippen molar-refractivity contribution < 1.29 is 22.4 Å². The summed E-state index contributed by atoms with van der Waals surface area (Å²) in [6, 6.07) is 18.4. The number of nitro groups is 2. The molecule has 160 valence electrons. The maximum absolute atomic E-state index is 13.0. The van der Waals surface area contributed by atoms with Crippen molar-refractivity contribution in [3.05, 3.63) is 116 Å². The predicted octanol–water partition coefficient (Wildman–Crippen LogP) is 3.98. The third-order valence-electron chi connectivity index (χ3n) is 4.70. The molecule has 0 N–H and O–H groups in total. The Hall–Kier alpha value is -3.63. The van der Waals surface area contributed by atoms with Crippen molar-refractivity contribution in [1.29, 1.82) is 0 Å². The zero-order valence-corrected chi connectivity index (χ0v) is 17.2. The summed E-state index contributed by atoms with van der Waals surface area (Å²) in [5.41, 5.74) is -2.29. The molecule has 0 saturated heterocycles. The van der Waals surface area contributed by atoms with E-state index in [1.54, 1.807) is 13.0 Å². The molecule has 0 radical (unpaired) electrons. The largest absolute Gasteiger partial charge is 0.369 e. The molecule has 0 spiro atoms. The van der Waals surface area contributed by atoms with Crippen LogP contribution in [-0.2, 0) is 26.4 Å². The van der Waals surface area contributed by atoms with Crippen molar-refractivity contribution in [2.24, 2.45) is 0 Å². The van der Waals surface area contributed by atoms with E-state index < -0.39 is 32.1 Å². The average Bonchev–Trinajstić information content (AvgIpc) is 2.74. The van der Waals surface area contributed by atoms with Gasteiger partial charge >= 0.3 is 15.8 Å².